The van der Waals surface area contributed by atoms with Crippen LogP contribution in [0.15, 0.2) is 66.9 Å². The van der Waals surface area contributed by atoms with Crippen LogP contribution >= 0.6 is 23.2 Å². The SMILES string of the molecule is O=C(Nc1ccc(Cl)cc1Cl)c1ccnc(C(=O)Nc2ccccc2)c1. The topological polar surface area (TPSA) is 71.1 Å². The molecule has 0 fully saturated rings. The highest BCUT2D eigenvalue weighted by Crippen LogP contribution is 2.25. The van der Waals surface area contributed by atoms with Crippen molar-refractivity contribution in [2.75, 3.05) is 10.6 Å². The molecule has 0 aliphatic heterocycles. The van der Waals surface area contributed by atoms with E-state index in [1.54, 1.807) is 24.3 Å². The number of para-hydroxylation sites is 1. The standard InChI is InChI=1S/C19H13Cl2N3O2/c20-13-6-7-16(15(21)11-13)24-18(25)12-8-9-22-17(10-12)19(26)23-14-4-2-1-3-5-14/h1-11H,(H,23,26)(H,24,25). The van der Waals surface area contributed by atoms with E-state index in [2.05, 4.69) is 15.6 Å². The van der Waals surface area contributed by atoms with E-state index in [1.165, 1.54) is 24.4 Å². The van der Waals surface area contributed by atoms with E-state index < -0.39 is 11.8 Å². The van der Waals surface area contributed by atoms with Gasteiger partial charge in [0.25, 0.3) is 11.8 Å². The van der Waals surface area contributed by atoms with E-state index in [1.807, 2.05) is 18.2 Å². The summed E-state index contributed by atoms with van der Waals surface area (Å²) in [6, 6.07) is 16.7. The third-order valence-corrected chi connectivity index (χ3v) is 4.01. The van der Waals surface area contributed by atoms with Gasteiger partial charge in [-0.2, -0.15) is 0 Å². The number of hydrogen-bond acceptors (Lipinski definition) is 3. The van der Waals surface area contributed by atoms with Crippen LogP contribution in [0.4, 0.5) is 11.4 Å². The molecule has 0 spiro atoms. The van der Waals surface area contributed by atoms with E-state index in [9.17, 15) is 9.59 Å². The Morgan fingerprint density at radius 3 is 2.35 bits per heavy atom. The number of anilines is 2. The summed E-state index contributed by atoms with van der Waals surface area (Å²) in [5.41, 5.74) is 1.48. The Balaban J connectivity index is 1.76. The van der Waals surface area contributed by atoms with Gasteiger partial charge >= 0.3 is 0 Å². The number of carbonyl (C=O) groups is 2. The average Bonchev–Trinajstić information content (AvgIpc) is 2.65. The summed E-state index contributed by atoms with van der Waals surface area (Å²) in [6.07, 6.45) is 1.40. The van der Waals surface area contributed by atoms with Gasteiger partial charge in [-0.05, 0) is 42.5 Å². The highest BCUT2D eigenvalue weighted by Gasteiger charge is 2.13. The summed E-state index contributed by atoms with van der Waals surface area (Å²) < 4.78 is 0. The molecule has 0 saturated carbocycles. The molecule has 0 radical (unpaired) electrons. The van der Waals surface area contributed by atoms with Crippen molar-refractivity contribution in [2.24, 2.45) is 0 Å². The minimum absolute atomic E-state index is 0.128. The molecule has 1 heterocycles. The van der Waals surface area contributed by atoms with Gasteiger partial charge in [0, 0.05) is 22.5 Å². The number of amides is 2. The molecule has 3 aromatic rings. The van der Waals surface area contributed by atoms with Gasteiger partial charge in [0.2, 0.25) is 0 Å². The summed E-state index contributed by atoms with van der Waals surface area (Å²) in [5.74, 6) is -0.819. The quantitative estimate of drug-likeness (QED) is 0.671. The lowest BCUT2D eigenvalue weighted by atomic mass is 10.2. The number of aromatic nitrogens is 1. The lowest BCUT2D eigenvalue weighted by Crippen LogP contribution is -2.17. The van der Waals surface area contributed by atoms with Gasteiger partial charge in [0.05, 0.1) is 10.7 Å². The number of pyridine rings is 1. The fourth-order valence-electron chi connectivity index (χ4n) is 2.20. The Morgan fingerprint density at radius 1 is 0.846 bits per heavy atom. The van der Waals surface area contributed by atoms with Gasteiger partial charge < -0.3 is 10.6 Å². The van der Waals surface area contributed by atoms with Crippen LogP contribution in [-0.2, 0) is 0 Å². The molecule has 1 aromatic heterocycles. The van der Waals surface area contributed by atoms with Crippen molar-refractivity contribution >= 4 is 46.4 Å². The second-order valence-corrected chi connectivity index (χ2v) is 6.17. The maximum absolute atomic E-state index is 12.4. The molecule has 130 valence electrons. The zero-order valence-electron chi connectivity index (χ0n) is 13.4. The second kappa shape index (κ2) is 7.99. The normalized spacial score (nSPS) is 10.2. The fraction of sp³-hybridized carbons (Fsp3) is 0. The van der Waals surface area contributed by atoms with E-state index >= 15 is 0 Å². The van der Waals surface area contributed by atoms with Crippen LogP contribution in [0.1, 0.15) is 20.8 Å². The molecule has 2 N–H and O–H groups in total. The monoisotopic (exact) mass is 385 g/mol. The molecule has 3 rings (SSSR count). The zero-order valence-corrected chi connectivity index (χ0v) is 14.9. The van der Waals surface area contributed by atoms with Crippen LogP contribution < -0.4 is 10.6 Å². The van der Waals surface area contributed by atoms with Gasteiger partial charge in [0.1, 0.15) is 5.69 Å². The molecule has 2 amide bonds. The third kappa shape index (κ3) is 4.39. The molecule has 2 aromatic carbocycles. The lowest BCUT2D eigenvalue weighted by molar-refractivity contribution is 0.102. The molecule has 0 bridgehead atoms. The Labute approximate surface area is 160 Å². The van der Waals surface area contributed by atoms with Crippen molar-refractivity contribution in [2.45, 2.75) is 0 Å². The van der Waals surface area contributed by atoms with Crippen LogP contribution in [0, 0.1) is 0 Å². The summed E-state index contributed by atoms with van der Waals surface area (Å²) in [7, 11) is 0. The summed E-state index contributed by atoms with van der Waals surface area (Å²) in [5, 5.41) is 6.19. The number of halogens is 2. The van der Waals surface area contributed by atoms with Gasteiger partial charge in [-0.3, -0.25) is 14.6 Å². The molecule has 7 heteroatoms. The molecule has 26 heavy (non-hydrogen) atoms. The Bertz CT molecular complexity index is 962. The second-order valence-electron chi connectivity index (χ2n) is 5.33. The number of hydrogen-bond donors (Lipinski definition) is 2. The maximum Gasteiger partial charge on any atom is 0.274 e. The highest BCUT2D eigenvalue weighted by molar-refractivity contribution is 6.36. The molecular weight excluding hydrogens is 373 g/mol. The molecule has 0 aliphatic carbocycles. The minimum Gasteiger partial charge on any atom is -0.321 e. The number of nitrogens with zero attached hydrogens (tertiary/aromatic N) is 1. The van der Waals surface area contributed by atoms with E-state index in [-0.39, 0.29) is 11.3 Å². The molecule has 0 aliphatic rings. The van der Waals surface area contributed by atoms with Crippen LogP contribution in [0.2, 0.25) is 10.0 Å². The van der Waals surface area contributed by atoms with Gasteiger partial charge in [-0.1, -0.05) is 41.4 Å². The number of nitrogens with one attached hydrogen (secondary N) is 2. The average molecular weight is 386 g/mol. The summed E-state index contributed by atoms with van der Waals surface area (Å²) >= 11 is 11.9. The maximum atomic E-state index is 12.4. The summed E-state index contributed by atoms with van der Waals surface area (Å²) in [4.78, 5) is 28.7. The van der Waals surface area contributed by atoms with Crippen molar-refractivity contribution in [3.63, 3.8) is 0 Å². The van der Waals surface area contributed by atoms with Crippen molar-refractivity contribution in [1.29, 1.82) is 0 Å². The molecule has 0 atom stereocenters. The predicted molar refractivity (Wildman–Crippen MR) is 103 cm³/mol. The van der Waals surface area contributed by atoms with Crippen molar-refractivity contribution in [3.05, 3.63) is 88.2 Å². The first-order chi connectivity index (χ1) is 12.5. The van der Waals surface area contributed by atoms with E-state index in [0.717, 1.165) is 0 Å². The van der Waals surface area contributed by atoms with E-state index in [0.29, 0.717) is 21.4 Å². The Kier molecular flexibility index (Phi) is 5.51. The van der Waals surface area contributed by atoms with Gasteiger partial charge in [-0.15, -0.1) is 0 Å². The summed E-state index contributed by atoms with van der Waals surface area (Å²) in [6.45, 7) is 0. The van der Waals surface area contributed by atoms with Crippen LogP contribution in [0.5, 0.6) is 0 Å². The van der Waals surface area contributed by atoms with Crippen molar-refractivity contribution in [1.82, 2.24) is 4.98 Å². The van der Waals surface area contributed by atoms with Crippen LogP contribution in [0.3, 0.4) is 0 Å². The van der Waals surface area contributed by atoms with Gasteiger partial charge in [0.15, 0.2) is 0 Å². The van der Waals surface area contributed by atoms with Gasteiger partial charge in [-0.25, -0.2) is 0 Å². The molecule has 5 nitrogen and oxygen atoms in total. The number of benzene rings is 2. The lowest BCUT2D eigenvalue weighted by Gasteiger charge is -2.09. The smallest absolute Gasteiger partial charge is 0.274 e. The largest absolute Gasteiger partial charge is 0.321 e. The van der Waals surface area contributed by atoms with Crippen LogP contribution in [-0.4, -0.2) is 16.8 Å². The molecule has 0 saturated heterocycles. The first-order valence-corrected chi connectivity index (χ1v) is 8.37. The fourth-order valence-corrected chi connectivity index (χ4v) is 2.65. The predicted octanol–water partition coefficient (Wildman–Crippen LogP) is 4.89. The minimum atomic E-state index is -0.412. The third-order valence-electron chi connectivity index (χ3n) is 3.47. The Morgan fingerprint density at radius 2 is 1.62 bits per heavy atom. The van der Waals surface area contributed by atoms with E-state index in [4.69, 9.17) is 23.2 Å². The number of rotatable bonds is 4. The first kappa shape index (κ1) is 17.9. The molecular formula is C19H13Cl2N3O2. The zero-order chi connectivity index (χ0) is 18.5. The van der Waals surface area contributed by atoms with Crippen molar-refractivity contribution in [3.8, 4) is 0 Å². The van der Waals surface area contributed by atoms with Crippen LogP contribution in [0.25, 0.3) is 0 Å². The number of carbonyl (C=O) groups excluding carboxylic acids is 2. The first-order valence-electron chi connectivity index (χ1n) is 7.62. The van der Waals surface area contributed by atoms with Crippen molar-refractivity contribution < 1.29 is 9.59 Å². The molecule has 0 unspecified atom stereocenters. The Hall–Kier alpha value is -2.89. The highest BCUT2D eigenvalue weighted by atomic mass is 35.5.